The highest BCUT2D eigenvalue weighted by atomic mass is 19.4. The summed E-state index contributed by atoms with van der Waals surface area (Å²) in [5, 5.41) is 3.00. The number of rotatable bonds is 4. The van der Waals surface area contributed by atoms with Crippen molar-refractivity contribution in [2.24, 2.45) is 0 Å². The minimum Gasteiger partial charge on any atom is -0.350 e. The van der Waals surface area contributed by atoms with Crippen molar-refractivity contribution in [3.8, 4) is 0 Å². The maximum absolute atomic E-state index is 12.7. The third-order valence-corrected chi connectivity index (χ3v) is 3.08. The van der Waals surface area contributed by atoms with Gasteiger partial charge in [0.05, 0.1) is 18.8 Å². The normalized spacial score (nSPS) is 18.7. The number of ether oxygens (including phenoxy) is 2. The van der Waals surface area contributed by atoms with E-state index in [2.05, 4.69) is 5.32 Å². The first-order valence-electron chi connectivity index (χ1n) is 6.08. The van der Waals surface area contributed by atoms with E-state index in [1.54, 1.807) is 13.1 Å². The Kier molecular flexibility index (Phi) is 4.44. The Morgan fingerprint density at radius 1 is 1.32 bits per heavy atom. The van der Waals surface area contributed by atoms with Gasteiger partial charge in [-0.3, -0.25) is 0 Å². The summed E-state index contributed by atoms with van der Waals surface area (Å²) >= 11 is 0. The first kappa shape index (κ1) is 14.3. The van der Waals surface area contributed by atoms with Gasteiger partial charge in [-0.15, -0.1) is 0 Å². The molecule has 0 aliphatic carbocycles. The number of benzene rings is 1. The Labute approximate surface area is 109 Å². The van der Waals surface area contributed by atoms with Crippen LogP contribution in [0.25, 0.3) is 0 Å². The molecule has 1 saturated heterocycles. The molecule has 106 valence electrons. The molecule has 0 radical (unpaired) electrons. The van der Waals surface area contributed by atoms with Crippen molar-refractivity contribution < 1.29 is 22.6 Å². The highest BCUT2D eigenvalue weighted by Crippen LogP contribution is 2.31. The lowest BCUT2D eigenvalue weighted by Gasteiger charge is -2.20. The molecule has 1 fully saturated rings. The topological polar surface area (TPSA) is 30.5 Å². The molecule has 6 heteroatoms. The van der Waals surface area contributed by atoms with Crippen molar-refractivity contribution in [2.75, 3.05) is 20.3 Å². The molecule has 3 nitrogen and oxygen atoms in total. The fraction of sp³-hybridized carbons (Fsp3) is 0.538. The van der Waals surface area contributed by atoms with Crippen LogP contribution in [-0.4, -0.2) is 26.6 Å². The van der Waals surface area contributed by atoms with Crippen LogP contribution in [0, 0.1) is 0 Å². The number of nitrogens with one attached hydrogen (secondary N) is 1. The van der Waals surface area contributed by atoms with Gasteiger partial charge < -0.3 is 14.8 Å². The van der Waals surface area contributed by atoms with E-state index in [4.69, 9.17) is 9.47 Å². The van der Waals surface area contributed by atoms with Gasteiger partial charge in [-0.1, -0.05) is 12.1 Å². The minimum atomic E-state index is -4.32. The van der Waals surface area contributed by atoms with E-state index in [0.717, 1.165) is 12.1 Å². The molecule has 1 heterocycles. The van der Waals surface area contributed by atoms with Crippen LogP contribution >= 0.6 is 0 Å². The molecule has 1 aromatic rings. The molecule has 1 aliphatic heterocycles. The van der Waals surface area contributed by atoms with Gasteiger partial charge in [-0.25, -0.2) is 0 Å². The van der Waals surface area contributed by atoms with Crippen LogP contribution in [0.15, 0.2) is 24.3 Å². The highest BCUT2D eigenvalue weighted by Gasteiger charge is 2.31. The summed E-state index contributed by atoms with van der Waals surface area (Å²) < 4.78 is 48.7. The molecule has 0 amide bonds. The molecule has 0 saturated carbocycles. The SMILES string of the molecule is CNC(CC1OCCO1)c1cccc(C(F)(F)F)c1. The minimum absolute atomic E-state index is 0.231. The van der Waals surface area contributed by atoms with Crippen molar-refractivity contribution in [3.05, 3.63) is 35.4 Å². The van der Waals surface area contributed by atoms with E-state index in [1.807, 2.05) is 0 Å². The third-order valence-electron chi connectivity index (χ3n) is 3.08. The first-order chi connectivity index (χ1) is 9.00. The second kappa shape index (κ2) is 5.90. The number of hydrogen-bond acceptors (Lipinski definition) is 3. The van der Waals surface area contributed by atoms with Crippen LogP contribution in [0.1, 0.15) is 23.6 Å². The lowest BCUT2D eigenvalue weighted by molar-refractivity contribution is -0.137. The zero-order chi connectivity index (χ0) is 13.9. The second-order valence-corrected chi connectivity index (χ2v) is 4.37. The van der Waals surface area contributed by atoms with E-state index in [9.17, 15) is 13.2 Å². The summed E-state index contributed by atoms with van der Waals surface area (Å²) in [4.78, 5) is 0. The summed E-state index contributed by atoms with van der Waals surface area (Å²) in [7, 11) is 1.71. The average molecular weight is 275 g/mol. The summed E-state index contributed by atoms with van der Waals surface area (Å²) in [6.07, 6.45) is -4.20. The zero-order valence-corrected chi connectivity index (χ0v) is 10.5. The molecule has 0 aromatic heterocycles. The maximum atomic E-state index is 12.7. The monoisotopic (exact) mass is 275 g/mol. The van der Waals surface area contributed by atoms with E-state index in [-0.39, 0.29) is 12.3 Å². The van der Waals surface area contributed by atoms with Crippen LogP contribution in [0.5, 0.6) is 0 Å². The number of hydrogen-bond donors (Lipinski definition) is 1. The first-order valence-corrected chi connectivity index (χ1v) is 6.08. The van der Waals surface area contributed by atoms with E-state index < -0.39 is 11.7 Å². The molecule has 2 rings (SSSR count). The van der Waals surface area contributed by atoms with Gasteiger partial charge in [0, 0.05) is 12.5 Å². The van der Waals surface area contributed by atoms with Gasteiger partial charge >= 0.3 is 6.18 Å². The predicted molar refractivity (Wildman–Crippen MR) is 63.6 cm³/mol. The van der Waals surface area contributed by atoms with Crippen LogP contribution in [0.2, 0.25) is 0 Å². The number of alkyl halides is 3. The van der Waals surface area contributed by atoms with Crippen LogP contribution in [0.3, 0.4) is 0 Å². The Morgan fingerprint density at radius 2 is 2.00 bits per heavy atom. The lowest BCUT2D eigenvalue weighted by atomic mass is 10.0. The van der Waals surface area contributed by atoms with Crippen molar-refractivity contribution in [3.63, 3.8) is 0 Å². The fourth-order valence-corrected chi connectivity index (χ4v) is 2.09. The molecule has 0 spiro atoms. The van der Waals surface area contributed by atoms with Gasteiger partial charge in [-0.05, 0) is 24.7 Å². The second-order valence-electron chi connectivity index (χ2n) is 4.37. The molecular weight excluding hydrogens is 259 g/mol. The molecular formula is C13H16F3NO2. The Bertz CT molecular complexity index is 417. The smallest absolute Gasteiger partial charge is 0.350 e. The average Bonchev–Trinajstić information content (AvgIpc) is 2.88. The van der Waals surface area contributed by atoms with Crippen molar-refractivity contribution >= 4 is 0 Å². The van der Waals surface area contributed by atoms with E-state index >= 15 is 0 Å². The van der Waals surface area contributed by atoms with Gasteiger partial charge in [-0.2, -0.15) is 13.2 Å². The summed E-state index contributed by atoms with van der Waals surface area (Å²) in [5.41, 5.74) is -0.0602. The zero-order valence-electron chi connectivity index (χ0n) is 10.5. The van der Waals surface area contributed by atoms with Crippen LogP contribution < -0.4 is 5.32 Å². The Morgan fingerprint density at radius 3 is 2.58 bits per heavy atom. The number of halogens is 3. The maximum Gasteiger partial charge on any atom is 0.416 e. The summed E-state index contributed by atoms with van der Waals surface area (Å²) in [6.45, 7) is 1.06. The summed E-state index contributed by atoms with van der Waals surface area (Å²) in [5.74, 6) is 0. The van der Waals surface area contributed by atoms with Crippen molar-refractivity contribution in [2.45, 2.75) is 24.9 Å². The van der Waals surface area contributed by atoms with Gasteiger partial charge in [0.25, 0.3) is 0 Å². The largest absolute Gasteiger partial charge is 0.416 e. The molecule has 1 atom stereocenters. The fourth-order valence-electron chi connectivity index (χ4n) is 2.09. The van der Waals surface area contributed by atoms with Gasteiger partial charge in [0.15, 0.2) is 6.29 Å². The third kappa shape index (κ3) is 3.68. The standard InChI is InChI=1S/C13H16F3NO2/c1-17-11(8-12-18-5-6-19-12)9-3-2-4-10(7-9)13(14,15)16/h2-4,7,11-12,17H,5-6,8H2,1H3. The van der Waals surface area contributed by atoms with Crippen molar-refractivity contribution in [1.29, 1.82) is 0 Å². The lowest BCUT2D eigenvalue weighted by Crippen LogP contribution is -2.23. The van der Waals surface area contributed by atoms with Crippen LogP contribution in [-0.2, 0) is 15.7 Å². The molecule has 1 aromatic carbocycles. The molecule has 1 aliphatic rings. The molecule has 19 heavy (non-hydrogen) atoms. The van der Waals surface area contributed by atoms with Crippen LogP contribution in [0.4, 0.5) is 13.2 Å². The van der Waals surface area contributed by atoms with E-state index in [1.165, 1.54) is 6.07 Å². The Balaban J connectivity index is 2.13. The van der Waals surface area contributed by atoms with Gasteiger partial charge in [0.1, 0.15) is 0 Å². The molecule has 1 unspecified atom stereocenters. The highest BCUT2D eigenvalue weighted by molar-refractivity contribution is 5.28. The van der Waals surface area contributed by atoms with Gasteiger partial charge in [0.2, 0.25) is 0 Å². The summed E-state index contributed by atoms with van der Waals surface area (Å²) in [6, 6.07) is 5.09. The quantitative estimate of drug-likeness (QED) is 0.916. The molecule has 0 bridgehead atoms. The van der Waals surface area contributed by atoms with Crippen molar-refractivity contribution in [1.82, 2.24) is 5.32 Å². The Hall–Kier alpha value is -1.11. The molecule has 1 N–H and O–H groups in total. The predicted octanol–water partition coefficient (Wildman–Crippen LogP) is 2.73. The van der Waals surface area contributed by atoms with E-state index in [0.29, 0.717) is 25.2 Å².